The third kappa shape index (κ3) is 5.92. The molecule has 2 heteroatoms. The zero-order valence-electron chi connectivity index (χ0n) is 13.1. The van der Waals surface area contributed by atoms with Crippen molar-refractivity contribution in [2.75, 3.05) is 19.3 Å². The highest BCUT2D eigenvalue weighted by molar-refractivity contribution is 6.54. The maximum Gasteiger partial charge on any atom is 0.0983 e. The van der Waals surface area contributed by atoms with E-state index in [0.29, 0.717) is 0 Å². The van der Waals surface area contributed by atoms with Crippen molar-refractivity contribution in [1.82, 2.24) is 4.90 Å². The molecule has 0 aliphatic carbocycles. The molecule has 1 aromatic rings. The number of hydrogen-bond acceptors (Lipinski definition) is 1. The van der Waals surface area contributed by atoms with Crippen LogP contribution in [0, 0.1) is 13.8 Å². The van der Waals surface area contributed by atoms with Crippen molar-refractivity contribution in [3.63, 3.8) is 0 Å². The summed E-state index contributed by atoms with van der Waals surface area (Å²) in [5.41, 5.74) is 2.92. The lowest BCUT2D eigenvalue weighted by molar-refractivity contribution is 0.305. The van der Waals surface area contributed by atoms with Crippen molar-refractivity contribution >= 4 is 14.7 Å². The smallest absolute Gasteiger partial charge is 0.0983 e. The van der Waals surface area contributed by atoms with Gasteiger partial charge in [-0.1, -0.05) is 50.1 Å². The van der Waals surface area contributed by atoms with Crippen molar-refractivity contribution in [3.05, 3.63) is 29.3 Å². The van der Waals surface area contributed by atoms with E-state index < -0.39 is 0 Å². The quantitative estimate of drug-likeness (QED) is 0.624. The number of hydrogen-bond donors (Lipinski definition) is 0. The van der Waals surface area contributed by atoms with Crippen molar-refractivity contribution in [1.29, 1.82) is 0 Å². The molecule has 1 nitrogen and oxygen atoms in total. The van der Waals surface area contributed by atoms with Crippen molar-refractivity contribution in [2.24, 2.45) is 0 Å². The van der Waals surface area contributed by atoms with E-state index in [-0.39, 0.29) is 0 Å². The zero-order chi connectivity index (χ0) is 14.1. The number of nitrogens with zero attached hydrogens (tertiary/aromatic N) is 1. The summed E-state index contributed by atoms with van der Waals surface area (Å²) in [5, 5.41) is 1.55. The molecule has 106 valence electrons. The lowest BCUT2D eigenvalue weighted by Crippen LogP contribution is -2.35. The summed E-state index contributed by atoms with van der Waals surface area (Å²) in [6.07, 6.45) is 6.51. The van der Waals surface area contributed by atoms with Gasteiger partial charge in [0.2, 0.25) is 0 Å². The molecule has 2 radical (unpaired) electrons. The molecule has 0 spiro atoms. The van der Waals surface area contributed by atoms with Gasteiger partial charge in [0, 0.05) is 0 Å². The maximum absolute atomic E-state index is 2.66. The summed E-state index contributed by atoms with van der Waals surface area (Å²) in [6.45, 7) is 11.6. The van der Waals surface area contributed by atoms with E-state index in [1.165, 1.54) is 56.1 Å². The minimum Gasteiger partial charge on any atom is -0.306 e. The van der Waals surface area contributed by atoms with E-state index in [4.69, 9.17) is 0 Å². The van der Waals surface area contributed by atoms with Gasteiger partial charge in [-0.25, -0.2) is 0 Å². The van der Waals surface area contributed by atoms with Crippen LogP contribution in [0.4, 0.5) is 0 Å². The summed E-state index contributed by atoms with van der Waals surface area (Å²) in [7, 11) is 0.928. The summed E-state index contributed by atoms with van der Waals surface area (Å²) < 4.78 is 0. The van der Waals surface area contributed by atoms with Crippen molar-refractivity contribution in [3.8, 4) is 0 Å². The van der Waals surface area contributed by atoms with E-state index >= 15 is 0 Å². The van der Waals surface area contributed by atoms with Crippen LogP contribution in [0.2, 0.25) is 0 Å². The molecule has 1 rings (SSSR count). The fraction of sp³-hybridized carbons (Fsp3) is 0.647. The first kappa shape index (κ1) is 16.5. The fourth-order valence-corrected chi connectivity index (χ4v) is 3.56. The van der Waals surface area contributed by atoms with Crippen LogP contribution < -0.4 is 5.19 Å². The van der Waals surface area contributed by atoms with E-state index in [1.807, 2.05) is 0 Å². The van der Waals surface area contributed by atoms with E-state index in [1.54, 1.807) is 5.19 Å². The second-order valence-electron chi connectivity index (χ2n) is 5.41. The Labute approximate surface area is 122 Å². The molecule has 0 aliphatic heterocycles. The molecule has 0 fully saturated rings. The van der Waals surface area contributed by atoms with E-state index in [9.17, 15) is 0 Å². The van der Waals surface area contributed by atoms with Gasteiger partial charge < -0.3 is 4.90 Å². The summed E-state index contributed by atoms with van der Waals surface area (Å²) in [5.74, 6) is 0. The lowest BCUT2D eigenvalue weighted by Gasteiger charge is -2.22. The van der Waals surface area contributed by atoms with Crippen molar-refractivity contribution < 1.29 is 0 Å². The SMILES string of the molecule is CCCCN(CCCC)C[Si]c1cccc(C)c1C. The van der Waals surface area contributed by atoms with Gasteiger partial charge in [0.25, 0.3) is 0 Å². The average Bonchev–Trinajstić information content (AvgIpc) is 2.42. The lowest BCUT2D eigenvalue weighted by atomic mass is 10.1. The highest BCUT2D eigenvalue weighted by atomic mass is 28.2. The molecule has 0 aliphatic rings. The van der Waals surface area contributed by atoms with Gasteiger partial charge in [0.05, 0.1) is 9.52 Å². The van der Waals surface area contributed by atoms with E-state index in [0.717, 1.165) is 9.52 Å². The van der Waals surface area contributed by atoms with Gasteiger partial charge >= 0.3 is 0 Å². The number of rotatable bonds is 9. The molecular weight excluding hydrogens is 246 g/mol. The Morgan fingerprint density at radius 1 is 1.00 bits per heavy atom. The molecule has 0 saturated heterocycles. The standard InChI is InChI=1S/C17H29NSi/c1-5-7-12-18(13-8-6-2)14-19-17-11-9-10-15(3)16(17)4/h9-11H,5-8,12-14H2,1-4H3. The minimum absolute atomic E-state index is 0.928. The van der Waals surface area contributed by atoms with E-state index in [2.05, 4.69) is 50.8 Å². The predicted molar refractivity (Wildman–Crippen MR) is 87.6 cm³/mol. The Morgan fingerprint density at radius 2 is 1.63 bits per heavy atom. The Kier molecular flexibility index (Phi) is 8.07. The molecule has 0 amide bonds. The van der Waals surface area contributed by atoms with Crippen LogP contribution in [0.1, 0.15) is 50.7 Å². The second kappa shape index (κ2) is 9.32. The third-order valence-electron chi connectivity index (χ3n) is 3.75. The Balaban J connectivity index is 2.51. The Hall–Kier alpha value is -0.603. The molecule has 1 aromatic carbocycles. The summed E-state index contributed by atoms with van der Waals surface area (Å²) in [4.78, 5) is 2.66. The average molecular weight is 276 g/mol. The van der Waals surface area contributed by atoms with Gasteiger partial charge in [-0.05, 0) is 57.1 Å². The van der Waals surface area contributed by atoms with Crippen LogP contribution in [-0.4, -0.2) is 33.7 Å². The number of unbranched alkanes of at least 4 members (excludes halogenated alkanes) is 2. The molecule has 0 bridgehead atoms. The van der Waals surface area contributed by atoms with Gasteiger partial charge in [0.1, 0.15) is 0 Å². The normalized spacial score (nSPS) is 11.2. The molecule has 0 atom stereocenters. The Morgan fingerprint density at radius 3 is 2.21 bits per heavy atom. The highest BCUT2D eigenvalue weighted by Crippen LogP contribution is 2.03. The molecule has 0 aromatic heterocycles. The second-order valence-corrected chi connectivity index (χ2v) is 6.62. The monoisotopic (exact) mass is 275 g/mol. The minimum atomic E-state index is 0.928. The van der Waals surface area contributed by atoms with Gasteiger partial charge in [-0.15, -0.1) is 0 Å². The van der Waals surface area contributed by atoms with Crippen molar-refractivity contribution in [2.45, 2.75) is 53.4 Å². The van der Waals surface area contributed by atoms with Crippen LogP contribution >= 0.6 is 0 Å². The van der Waals surface area contributed by atoms with Crippen LogP contribution in [0.3, 0.4) is 0 Å². The Bertz CT molecular complexity index is 354. The maximum atomic E-state index is 2.66. The highest BCUT2D eigenvalue weighted by Gasteiger charge is 2.07. The zero-order valence-corrected chi connectivity index (χ0v) is 14.1. The summed E-state index contributed by atoms with van der Waals surface area (Å²) >= 11 is 0. The third-order valence-corrected chi connectivity index (χ3v) is 5.28. The molecular formula is C17H29NSi. The number of benzene rings is 1. The van der Waals surface area contributed by atoms with Crippen LogP contribution in [0.25, 0.3) is 0 Å². The topological polar surface area (TPSA) is 3.24 Å². The van der Waals surface area contributed by atoms with Crippen LogP contribution in [0.15, 0.2) is 18.2 Å². The molecule has 0 N–H and O–H groups in total. The first-order valence-corrected chi connectivity index (χ1v) is 8.92. The van der Waals surface area contributed by atoms with Gasteiger partial charge in [0.15, 0.2) is 0 Å². The van der Waals surface area contributed by atoms with Gasteiger partial charge in [-0.3, -0.25) is 0 Å². The predicted octanol–water partition coefficient (Wildman–Crippen LogP) is 3.49. The fourth-order valence-electron chi connectivity index (χ4n) is 2.17. The molecule has 19 heavy (non-hydrogen) atoms. The molecule has 0 heterocycles. The summed E-state index contributed by atoms with van der Waals surface area (Å²) in [6, 6.07) is 6.72. The van der Waals surface area contributed by atoms with Crippen LogP contribution in [0.5, 0.6) is 0 Å². The first-order valence-electron chi connectivity index (χ1n) is 7.71. The molecule has 0 saturated carbocycles. The first-order chi connectivity index (χ1) is 9.19. The van der Waals surface area contributed by atoms with Gasteiger partial charge in [-0.2, -0.15) is 0 Å². The van der Waals surface area contributed by atoms with Crippen LogP contribution in [-0.2, 0) is 0 Å². The molecule has 0 unspecified atom stereocenters. The largest absolute Gasteiger partial charge is 0.306 e. The number of aryl methyl sites for hydroxylation is 1.